The van der Waals surface area contributed by atoms with Crippen LogP contribution in [0.25, 0.3) is 0 Å². The molecular weight excluding hydrogens is 120 g/mol. The SMILES string of the molecule is CCCC1C[C@@]2(C)CCC12. The van der Waals surface area contributed by atoms with Crippen molar-refractivity contribution in [3.63, 3.8) is 0 Å². The third-order valence-corrected chi connectivity index (χ3v) is 3.88. The number of rotatable bonds is 2. The Balaban J connectivity index is 1.86. The fraction of sp³-hybridized carbons (Fsp3) is 1.00. The van der Waals surface area contributed by atoms with E-state index in [1.807, 2.05) is 0 Å². The summed E-state index contributed by atoms with van der Waals surface area (Å²) in [5, 5.41) is 0. The molecule has 0 aromatic carbocycles. The summed E-state index contributed by atoms with van der Waals surface area (Å²) in [7, 11) is 0. The first-order valence-electron chi connectivity index (χ1n) is 4.76. The summed E-state index contributed by atoms with van der Waals surface area (Å²) in [6, 6.07) is 0. The summed E-state index contributed by atoms with van der Waals surface area (Å²) in [6.07, 6.45) is 7.52. The van der Waals surface area contributed by atoms with Gasteiger partial charge in [0.15, 0.2) is 0 Å². The molecule has 58 valence electrons. The molecule has 0 heterocycles. The van der Waals surface area contributed by atoms with Crippen molar-refractivity contribution in [3.05, 3.63) is 0 Å². The van der Waals surface area contributed by atoms with Gasteiger partial charge in [-0.15, -0.1) is 0 Å². The predicted molar refractivity (Wildman–Crippen MR) is 43.8 cm³/mol. The average Bonchev–Trinajstić information content (AvgIpc) is 1.87. The lowest BCUT2D eigenvalue weighted by molar-refractivity contribution is -0.122. The highest BCUT2D eigenvalue weighted by Crippen LogP contribution is 2.64. The molecule has 10 heavy (non-hydrogen) atoms. The molecule has 2 fully saturated rings. The molecule has 0 bridgehead atoms. The molecule has 0 aromatic heterocycles. The predicted octanol–water partition coefficient (Wildman–Crippen LogP) is 3.22. The van der Waals surface area contributed by atoms with Crippen molar-refractivity contribution in [1.29, 1.82) is 0 Å². The lowest BCUT2D eigenvalue weighted by atomic mass is 9.43. The smallest absolute Gasteiger partial charge is 0.0292 e. The quantitative estimate of drug-likeness (QED) is 0.549. The lowest BCUT2D eigenvalue weighted by Gasteiger charge is -2.62. The van der Waals surface area contributed by atoms with Crippen LogP contribution in [0.1, 0.15) is 46.0 Å². The maximum Gasteiger partial charge on any atom is -0.0292 e. The maximum absolute atomic E-state index is 2.48. The fourth-order valence-electron chi connectivity index (χ4n) is 3.12. The Morgan fingerprint density at radius 3 is 2.60 bits per heavy atom. The van der Waals surface area contributed by atoms with Crippen molar-refractivity contribution < 1.29 is 0 Å². The van der Waals surface area contributed by atoms with Gasteiger partial charge in [-0.3, -0.25) is 0 Å². The number of fused-ring (bicyclic) bond motifs is 1. The molecule has 0 amide bonds. The van der Waals surface area contributed by atoms with Crippen molar-refractivity contribution in [2.24, 2.45) is 17.3 Å². The number of hydrogen-bond donors (Lipinski definition) is 0. The Kier molecular flexibility index (Phi) is 1.33. The molecule has 2 aliphatic carbocycles. The van der Waals surface area contributed by atoms with Gasteiger partial charge in [-0.05, 0) is 36.5 Å². The molecular formula is C10H18. The van der Waals surface area contributed by atoms with E-state index in [0.29, 0.717) is 0 Å². The second-order valence-electron chi connectivity index (χ2n) is 4.55. The van der Waals surface area contributed by atoms with Gasteiger partial charge in [-0.2, -0.15) is 0 Å². The first-order valence-corrected chi connectivity index (χ1v) is 4.76. The lowest BCUT2D eigenvalue weighted by Crippen LogP contribution is -2.53. The minimum absolute atomic E-state index is 0.833. The van der Waals surface area contributed by atoms with Crippen molar-refractivity contribution in [3.8, 4) is 0 Å². The Hall–Kier alpha value is 0. The van der Waals surface area contributed by atoms with Crippen molar-refractivity contribution in [2.75, 3.05) is 0 Å². The zero-order valence-corrected chi connectivity index (χ0v) is 7.19. The Morgan fingerprint density at radius 1 is 1.50 bits per heavy atom. The highest BCUT2D eigenvalue weighted by molar-refractivity contribution is 5.05. The van der Waals surface area contributed by atoms with Gasteiger partial charge in [0.25, 0.3) is 0 Å². The first kappa shape index (κ1) is 6.69. The third-order valence-electron chi connectivity index (χ3n) is 3.88. The Labute approximate surface area is 64.0 Å². The van der Waals surface area contributed by atoms with Gasteiger partial charge in [-0.1, -0.05) is 26.7 Å². The van der Waals surface area contributed by atoms with Gasteiger partial charge in [0, 0.05) is 0 Å². The van der Waals surface area contributed by atoms with E-state index in [9.17, 15) is 0 Å². The molecule has 0 heteroatoms. The summed E-state index contributed by atoms with van der Waals surface area (Å²) in [5.41, 5.74) is 0.833. The van der Waals surface area contributed by atoms with Gasteiger partial charge in [0.1, 0.15) is 0 Å². The molecule has 3 atom stereocenters. The zero-order chi connectivity index (χ0) is 7.19. The second kappa shape index (κ2) is 1.99. The van der Waals surface area contributed by atoms with Crippen molar-refractivity contribution in [2.45, 2.75) is 46.0 Å². The third kappa shape index (κ3) is 0.681. The van der Waals surface area contributed by atoms with Crippen molar-refractivity contribution >= 4 is 0 Å². The van der Waals surface area contributed by atoms with Crippen LogP contribution in [0, 0.1) is 17.3 Å². The van der Waals surface area contributed by atoms with E-state index >= 15 is 0 Å². The van der Waals surface area contributed by atoms with E-state index in [-0.39, 0.29) is 0 Å². The van der Waals surface area contributed by atoms with E-state index in [2.05, 4.69) is 13.8 Å². The summed E-state index contributed by atoms with van der Waals surface area (Å²) < 4.78 is 0. The molecule has 0 aromatic rings. The van der Waals surface area contributed by atoms with E-state index in [4.69, 9.17) is 0 Å². The topological polar surface area (TPSA) is 0 Å². The zero-order valence-electron chi connectivity index (χ0n) is 7.19. The minimum atomic E-state index is 0.833. The Bertz CT molecular complexity index is 139. The summed E-state index contributed by atoms with van der Waals surface area (Å²) >= 11 is 0. The maximum atomic E-state index is 2.48. The van der Waals surface area contributed by atoms with Gasteiger partial charge >= 0.3 is 0 Å². The standard InChI is InChI=1S/C10H18/c1-3-4-8-7-10(2)6-5-9(8)10/h8-9H,3-7H2,1-2H3/t8?,9?,10-/m1/s1. The highest BCUT2D eigenvalue weighted by Gasteiger charge is 2.55. The fourth-order valence-corrected chi connectivity index (χ4v) is 3.12. The van der Waals surface area contributed by atoms with E-state index in [1.54, 1.807) is 12.8 Å². The van der Waals surface area contributed by atoms with Gasteiger partial charge < -0.3 is 0 Å². The molecule has 0 spiro atoms. The van der Waals surface area contributed by atoms with E-state index in [0.717, 1.165) is 17.3 Å². The van der Waals surface area contributed by atoms with E-state index in [1.165, 1.54) is 19.3 Å². The van der Waals surface area contributed by atoms with E-state index < -0.39 is 0 Å². The van der Waals surface area contributed by atoms with Crippen LogP contribution >= 0.6 is 0 Å². The van der Waals surface area contributed by atoms with Crippen LogP contribution in [0.2, 0.25) is 0 Å². The van der Waals surface area contributed by atoms with Crippen LogP contribution in [-0.4, -0.2) is 0 Å². The molecule has 0 radical (unpaired) electrons. The van der Waals surface area contributed by atoms with Crippen LogP contribution in [0.5, 0.6) is 0 Å². The van der Waals surface area contributed by atoms with Crippen molar-refractivity contribution in [1.82, 2.24) is 0 Å². The summed E-state index contributed by atoms with van der Waals surface area (Å²) in [4.78, 5) is 0. The molecule has 2 aliphatic rings. The molecule has 0 aliphatic heterocycles. The molecule has 0 saturated heterocycles. The molecule has 2 saturated carbocycles. The van der Waals surface area contributed by atoms with Crippen LogP contribution in [-0.2, 0) is 0 Å². The van der Waals surface area contributed by atoms with Gasteiger partial charge in [0.05, 0.1) is 0 Å². The molecule has 0 nitrogen and oxygen atoms in total. The minimum Gasteiger partial charge on any atom is -0.0654 e. The molecule has 2 unspecified atom stereocenters. The van der Waals surface area contributed by atoms with Gasteiger partial charge in [-0.25, -0.2) is 0 Å². The summed E-state index contributed by atoms with van der Waals surface area (Å²) in [6.45, 7) is 4.79. The van der Waals surface area contributed by atoms with Crippen LogP contribution in [0.3, 0.4) is 0 Å². The van der Waals surface area contributed by atoms with Crippen LogP contribution < -0.4 is 0 Å². The monoisotopic (exact) mass is 138 g/mol. The summed E-state index contributed by atoms with van der Waals surface area (Å²) in [5.74, 6) is 2.27. The first-order chi connectivity index (χ1) is 4.76. The van der Waals surface area contributed by atoms with Crippen LogP contribution in [0.4, 0.5) is 0 Å². The Morgan fingerprint density at radius 2 is 2.30 bits per heavy atom. The van der Waals surface area contributed by atoms with Gasteiger partial charge in [0.2, 0.25) is 0 Å². The largest absolute Gasteiger partial charge is 0.0654 e. The normalized spacial score (nSPS) is 51.0. The highest BCUT2D eigenvalue weighted by atomic mass is 14.6. The molecule has 2 rings (SSSR count). The average molecular weight is 138 g/mol. The molecule has 0 N–H and O–H groups in total. The van der Waals surface area contributed by atoms with Crippen LogP contribution in [0.15, 0.2) is 0 Å². The number of hydrogen-bond acceptors (Lipinski definition) is 0. The second-order valence-corrected chi connectivity index (χ2v) is 4.55.